The number of nitrogens with one attached hydrogen (secondary N) is 2. The van der Waals surface area contributed by atoms with Crippen molar-refractivity contribution in [3.8, 4) is 5.75 Å². The molecule has 1 heterocycles. The summed E-state index contributed by atoms with van der Waals surface area (Å²) in [6.45, 7) is 0. The van der Waals surface area contributed by atoms with E-state index >= 15 is 0 Å². The summed E-state index contributed by atoms with van der Waals surface area (Å²) in [6.07, 6.45) is 0. The number of methoxy groups -OCH3 is 1. The zero-order valence-corrected chi connectivity index (χ0v) is 21.9. The van der Waals surface area contributed by atoms with E-state index < -0.39 is 0 Å². The molecule has 1 aliphatic rings. The summed E-state index contributed by atoms with van der Waals surface area (Å²) >= 11 is 8.68. The number of ether oxygens (including phenoxy) is 1. The Kier molecular flexibility index (Phi) is 7.46. The molecule has 0 bridgehead atoms. The number of hydrogen-bond donors (Lipinski definition) is 2. The van der Waals surface area contributed by atoms with Gasteiger partial charge in [0, 0.05) is 20.4 Å². The second-order valence-corrected chi connectivity index (χ2v) is 10.4. The van der Waals surface area contributed by atoms with Gasteiger partial charge in [-0.15, -0.1) is 11.8 Å². The summed E-state index contributed by atoms with van der Waals surface area (Å²) in [5.74, 6) is 1.05. The van der Waals surface area contributed by atoms with Gasteiger partial charge in [-0.1, -0.05) is 54.2 Å². The van der Waals surface area contributed by atoms with Gasteiger partial charge in [-0.3, -0.25) is 9.69 Å². The van der Waals surface area contributed by atoms with Gasteiger partial charge in [0.05, 0.1) is 29.9 Å². The number of fused-ring (bicyclic) bond motifs is 2. The normalized spacial score (nSPS) is 11.8. The van der Waals surface area contributed by atoms with E-state index in [1.807, 2.05) is 89.8 Å². The van der Waals surface area contributed by atoms with Crippen molar-refractivity contribution in [1.82, 2.24) is 0 Å². The summed E-state index contributed by atoms with van der Waals surface area (Å²) in [7, 11) is 1.62. The third kappa shape index (κ3) is 5.36. The molecule has 0 saturated carbocycles. The van der Waals surface area contributed by atoms with Gasteiger partial charge < -0.3 is 15.4 Å². The van der Waals surface area contributed by atoms with E-state index in [1.165, 1.54) is 11.8 Å². The molecule has 5 nitrogen and oxygen atoms in total. The fourth-order valence-electron chi connectivity index (χ4n) is 3.88. The van der Waals surface area contributed by atoms with Crippen molar-refractivity contribution >= 4 is 69.5 Å². The van der Waals surface area contributed by atoms with E-state index in [4.69, 9.17) is 17.0 Å². The number of benzene rings is 4. The summed E-state index contributed by atoms with van der Waals surface area (Å²) in [5, 5.41) is 6.84. The highest BCUT2D eigenvalue weighted by Crippen LogP contribution is 2.48. The van der Waals surface area contributed by atoms with Crippen molar-refractivity contribution < 1.29 is 9.53 Å². The van der Waals surface area contributed by atoms with Crippen LogP contribution in [0.2, 0.25) is 0 Å². The highest BCUT2D eigenvalue weighted by molar-refractivity contribution is 8.00. The number of para-hydroxylation sites is 4. The van der Waals surface area contributed by atoms with Crippen LogP contribution in [0.3, 0.4) is 0 Å². The van der Waals surface area contributed by atoms with Crippen LogP contribution < -0.4 is 20.3 Å². The van der Waals surface area contributed by atoms with Gasteiger partial charge in [0.25, 0.3) is 0 Å². The lowest BCUT2D eigenvalue weighted by Gasteiger charge is -2.31. The minimum atomic E-state index is 0.0342. The molecule has 0 atom stereocenters. The van der Waals surface area contributed by atoms with E-state index in [1.54, 1.807) is 18.9 Å². The Hall–Kier alpha value is -3.46. The number of hydrogen-bond acceptors (Lipinski definition) is 5. The summed E-state index contributed by atoms with van der Waals surface area (Å²) < 4.78 is 5.37. The Balaban J connectivity index is 1.26. The van der Waals surface area contributed by atoms with Gasteiger partial charge in [-0.05, 0) is 66.8 Å². The average molecular weight is 530 g/mol. The molecule has 0 fully saturated rings. The predicted octanol–water partition coefficient (Wildman–Crippen LogP) is 7.43. The van der Waals surface area contributed by atoms with Gasteiger partial charge in [0.2, 0.25) is 5.91 Å². The maximum absolute atomic E-state index is 13.5. The predicted molar refractivity (Wildman–Crippen MR) is 154 cm³/mol. The lowest BCUT2D eigenvalue weighted by Crippen LogP contribution is -2.29. The maximum Gasteiger partial charge on any atom is 0.241 e. The van der Waals surface area contributed by atoms with Crippen LogP contribution in [0.4, 0.5) is 22.7 Å². The smallest absolute Gasteiger partial charge is 0.241 e. The van der Waals surface area contributed by atoms with Gasteiger partial charge in [-0.2, -0.15) is 0 Å². The first-order valence-corrected chi connectivity index (χ1v) is 13.5. The number of anilines is 4. The molecule has 180 valence electrons. The van der Waals surface area contributed by atoms with Crippen LogP contribution in [0.5, 0.6) is 5.75 Å². The van der Waals surface area contributed by atoms with Gasteiger partial charge in [0.15, 0.2) is 5.11 Å². The summed E-state index contributed by atoms with van der Waals surface area (Å²) in [5.41, 5.74) is 3.48. The number of thioether (sulfide) groups is 1. The van der Waals surface area contributed by atoms with Crippen LogP contribution in [0.25, 0.3) is 0 Å². The van der Waals surface area contributed by atoms with Gasteiger partial charge in [-0.25, -0.2) is 0 Å². The second kappa shape index (κ2) is 11.1. The van der Waals surface area contributed by atoms with Crippen LogP contribution in [0, 0.1) is 0 Å². The number of nitrogens with zero attached hydrogens (tertiary/aromatic N) is 1. The highest BCUT2D eigenvalue weighted by Gasteiger charge is 2.27. The topological polar surface area (TPSA) is 53.6 Å². The largest absolute Gasteiger partial charge is 0.495 e. The number of rotatable bonds is 6. The van der Waals surface area contributed by atoms with Crippen LogP contribution in [0.15, 0.2) is 112 Å². The van der Waals surface area contributed by atoms with Gasteiger partial charge in [0.1, 0.15) is 5.75 Å². The van der Waals surface area contributed by atoms with Gasteiger partial charge >= 0.3 is 0 Å². The first-order chi connectivity index (χ1) is 17.6. The van der Waals surface area contributed by atoms with Crippen molar-refractivity contribution in [2.75, 3.05) is 28.4 Å². The monoisotopic (exact) mass is 529 g/mol. The second-order valence-electron chi connectivity index (χ2n) is 7.86. The SMILES string of the molecule is COc1ccccc1NC(=S)Nc1cccc(SCC(=O)N2c3ccccc3Sc3ccccc32)c1. The molecule has 36 heavy (non-hydrogen) atoms. The van der Waals surface area contributed by atoms with E-state index in [0.717, 1.165) is 37.4 Å². The van der Waals surface area contributed by atoms with Crippen molar-refractivity contribution in [3.63, 3.8) is 0 Å². The van der Waals surface area contributed by atoms with E-state index in [0.29, 0.717) is 16.6 Å². The molecule has 1 aliphatic heterocycles. The Morgan fingerprint density at radius 2 is 1.56 bits per heavy atom. The molecule has 2 N–H and O–H groups in total. The maximum atomic E-state index is 13.5. The first kappa shape index (κ1) is 24.2. The van der Waals surface area contributed by atoms with E-state index in [9.17, 15) is 4.79 Å². The molecule has 0 radical (unpaired) electrons. The molecule has 0 spiro atoms. The third-order valence-corrected chi connectivity index (χ3v) is 7.80. The van der Waals surface area contributed by atoms with Crippen molar-refractivity contribution in [2.24, 2.45) is 0 Å². The number of amides is 1. The standard InChI is InChI=1S/C28H23N3O2S3/c1-33-24-14-5-2-11-21(24)30-28(34)29-19-9-8-10-20(17-19)35-18-27(32)31-22-12-3-6-15-25(22)36-26-16-7-4-13-23(26)31/h2-17H,18H2,1H3,(H2,29,30,34). The zero-order chi connectivity index (χ0) is 24.9. The first-order valence-electron chi connectivity index (χ1n) is 11.2. The highest BCUT2D eigenvalue weighted by atomic mass is 32.2. The molecular formula is C28H23N3O2S3. The van der Waals surface area contributed by atoms with E-state index in [-0.39, 0.29) is 5.91 Å². The van der Waals surface area contributed by atoms with Crippen LogP contribution >= 0.6 is 35.7 Å². The summed E-state index contributed by atoms with van der Waals surface area (Å²) in [6, 6.07) is 31.5. The number of carbonyl (C=O) groups is 1. The molecule has 8 heteroatoms. The molecule has 0 aromatic heterocycles. The third-order valence-electron chi connectivity index (χ3n) is 5.49. The minimum Gasteiger partial charge on any atom is -0.495 e. The molecule has 4 aromatic carbocycles. The Morgan fingerprint density at radius 3 is 2.28 bits per heavy atom. The minimum absolute atomic E-state index is 0.0342. The number of thiocarbonyl (C=S) groups is 1. The molecule has 0 aliphatic carbocycles. The van der Waals surface area contributed by atoms with E-state index in [2.05, 4.69) is 22.8 Å². The quantitative estimate of drug-likeness (QED) is 0.199. The molecule has 0 unspecified atom stereocenters. The molecule has 1 amide bonds. The molecular weight excluding hydrogens is 507 g/mol. The van der Waals surface area contributed by atoms with Crippen molar-refractivity contribution in [2.45, 2.75) is 14.7 Å². The van der Waals surface area contributed by atoms with Crippen LogP contribution in [-0.4, -0.2) is 23.9 Å². The molecule has 5 rings (SSSR count). The molecule has 4 aromatic rings. The number of carbonyl (C=O) groups excluding carboxylic acids is 1. The lowest BCUT2D eigenvalue weighted by atomic mass is 10.2. The zero-order valence-electron chi connectivity index (χ0n) is 19.4. The fraction of sp³-hybridized carbons (Fsp3) is 0.0714. The average Bonchev–Trinajstić information content (AvgIpc) is 2.90. The summed E-state index contributed by atoms with van der Waals surface area (Å²) in [4.78, 5) is 18.4. The Labute approximate surface area is 224 Å². The Morgan fingerprint density at radius 1 is 0.889 bits per heavy atom. The fourth-order valence-corrected chi connectivity index (χ4v) is 5.97. The molecule has 0 saturated heterocycles. The lowest BCUT2D eigenvalue weighted by molar-refractivity contribution is -0.115. The van der Waals surface area contributed by atoms with Crippen LogP contribution in [-0.2, 0) is 4.79 Å². The van der Waals surface area contributed by atoms with Crippen LogP contribution in [0.1, 0.15) is 0 Å². The Bertz CT molecular complexity index is 1380. The van der Waals surface area contributed by atoms with Crippen molar-refractivity contribution in [3.05, 3.63) is 97.1 Å². The van der Waals surface area contributed by atoms with Crippen molar-refractivity contribution in [1.29, 1.82) is 0 Å².